The van der Waals surface area contributed by atoms with Gasteiger partial charge in [0.2, 0.25) is 11.2 Å². The fourth-order valence-corrected chi connectivity index (χ4v) is 7.86. The van der Waals surface area contributed by atoms with Crippen LogP contribution in [0.15, 0.2) is 121 Å². The molecule has 1 N–H and O–H groups in total. The predicted molar refractivity (Wildman–Crippen MR) is 178 cm³/mol. The summed E-state index contributed by atoms with van der Waals surface area (Å²) < 4.78 is 73.0. The summed E-state index contributed by atoms with van der Waals surface area (Å²) in [7, 11) is -3.83. The molecule has 0 saturated carbocycles. The molecule has 0 aliphatic rings. The first-order valence-corrected chi connectivity index (χ1v) is 17.2. The quantitative estimate of drug-likeness (QED) is 0.110. The molecule has 5 aromatic carbocycles. The Balaban J connectivity index is 1.23. The molecule has 0 unspecified atom stereocenters. The molecule has 0 spiro atoms. The van der Waals surface area contributed by atoms with Crippen LogP contribution < -0.4 is 10.9 Å². The number of halogens is 3. The van der Waals surface area contributed by atoms with E-state index in [0.29, 0.717) is 12.1 Å². The minimum Gasteiger partial charge on any atom is -0.504 e. The molecule has 0 aliphatic heterocycles. The van der Waals surface area contributed by atoms with E-state index in [4.69, 9.17) is 4.42 Å². The van der Waals surface area contributed by atoms with E-state index in [1.807, 2.05) is 71.9 Å². The van der Waals surface area contributed by atoms with Crippen LogP contribution in [0.2, 0.25) is 0 Å². The Bertz CT molecular complexity index is 2300. The van der Waals surface area contributed by atoms with Gasteiger partial charge in [-0.1, -0.05) is 72.8 Å². The van der Waals surface area contributed by atoms with Crippen molar-refractivity contribution in [2.75, 3.05) is 5.75 Å². The predicted octanol–water partition coefficient (Wildman–Crippen LogP) is 7.45. The lowest BCUT2D eigenvalue weighted by atomic mass is 10.0. The van der Waals surface area contributed by atoms with Gasteiger partial charge in [0.1, 0.15) is 5.76 Å². The highest BCUT2D eigenvalue weighted by Gasteiger charge is 2.35. The van der Waals surface area contributed by atoms with Crippen LogP contribution in [0.1, 0.15) is 28.2 Å². The van der Waals surface area contributed by atoms with E-state index in [1.54, 1.807) is 12.1 Å². The molecular weight excluding hydrogens is 664 g/mol. The Labute approximate surface area is 278 Å². The lowest BCUT2D eigenvalue weighted by molar-refractivity contribution is -0.153. The minimum absolute atomic E-state index is 0.0342. The number of nitrogens with zero attached hydrogens (tertiary/aromatic N) is 1. The molecule has 0 fully saturated rings. The highest BCUT2D eigenvalue weighted by atomic mass is 32.2. The van der Waals surface area contributed by atoms with E-state index in [2.05, 4.69) is 0 Å². The molecule has 1 heterocycles. The molecule has 246 valence electrons. The summed E-state index contributed by atoms with van der Waals surface area (Å²) in [5, 5.41) is 11.6. The van der Waals surface area contributed by atoms with Gasteiger partial charge in [0.25, 0.3) is 5.43 Å². The van der Waals surface area contributed by atoms with Gasteiger partial charge < -0.3 is 9.52 Å². The molecule has 0 aliphatic carbocycles. The molecule has 0 amide bonds. The Morgan fingerprint density at radius 3 is 2.29 bits per heavy atom. The zero-order chi connectivity index (χ0) is 34.2. The van der Waals surface area contributed by atoms with E-state index >= 15 is 0 Å². The number of hydrogen-bond acceptors (Lipinski definition) is 8. The van der Waals surface area contributed by atoms with Crippen LogP contribution in [-0.2, 0) is 35.5 Å². The fourth-order valence-electron chi connectivity index (χ4n) is 5.40. The lowest BCUT2D eigenvalue weighted by Gasteiger charge is -2.22. The third-order valence-electron chi connectivity index (χ3n) is 8.01. The summed E-state index contributed by atoms with van der Waals surface area (Å²) in [6.07, 6.45) is -4.86. The van der Waals surface area contributed by atoms with E-state index in [9.17, 15) is 36.3 Å². The number of furan rings is 1. The van der Waals surface area contributed by atoms with Crippen molar-refractivity contribution >= 4 is 32.6 Å². The van der Waals surface area contributed by atoms with Crippen LogP contribution in [0.25, 0.3) is 21.9 Å². The van der Waals surface area contributed by atoms with Gasteiger partial charge in [-0.15, -0.1) is 0 Å². The van der Waals surface area contributed by atoms with E-state index in [-0.39, 0.29) is 29.2 Å². The molecule has 1 aromatic heterocycles. The average Bonchev–Trinajstić information content (AvgIpc) is 3.55. The molecule has 0 radical (unpaired) electrons. The summed E-state index contributed by atoms with van der Waals surface area (Å²) in [5.74, 6) is -2.01. The number of alkyl halides is 3. The molecule has 48 heavy (non-hydrogen) atoms. The number of sulfone groups is 1. The van der Waals surface area contributed by atoms with Crippen LogP contribution in [0.5, 0.6) is 5.75 Å². The topological polar surface area (TPSA) is 105 Å². The Hall–Kier alpha value is -4.65. The standard InChI is InChI=1S/C36H28F3NO6S2/c1-22-9-12-25-5-2-3-8-29(25)35(22)47-40(21-27-15-16-31(46-27)36(37,38)39)20-23-10-13-24(14-11-23)26-6-4-7-28(19-26)48(44,45)18-17-30-32(41)34(43)33(30)42/h2-16,19,41H,17-18,20-21H2,1H3. The summed E-state index contributed by atoms with van der Waals surface area (Å²) in [5.41, 5.74) is 1.21. The molecule has 7 nitrogen and oxygen atoms in total. The second-order valence-corrected chi connectivity index (χ2v) is 14.6. The van der Waals surface area contributed by atoms with Crippen molar-refractivity contribution < 1.29 is 31.1 Å². The van der Waals surface area contributed by atoms with Crippen LogP contribution in [0.4, 0.5) is 13.2 Å². The number of rotatable bonds is 11. The van der Waals surface area contributed by atoms with Crippen LogP contribution in [0, 0.1) is 6.92 Å². The van der Waals surface area contributed by atoms with Gasteiger partial charge in [0, 0.05) is 11.4 Å². The van der Waals surface area contributed by atoms with Crippen molar-refractivity contribution in [3.05, 3.63) is 146 Å². The van der Waals surface area contributed by atoms with Gasteiger partial charge in [-0.3, -0.25) is 9.59 Å². The maximum Gasteiger partial charge on any atom is 0.449 e. The Kier molecular flexibility index (Phi) is 9.08. The minimum atomic E-state index is -4.59. The zero-order valence-electron chi connectivity index (χ0n) is 25.5. The van der Waals surface area contributed by atoms with Crippen molar-refractivity contribution in [1.82, 2.24) is 4.31 Å². The highest BCUT2D eigenvalue weighted by Crippen LogP contribution is 2.37. The fraction of sp³-hybridized carbons (Fsp3) is 0.167. The summed E-state index contributed by atoms with van der Waals surface area (Å²) >= 11 is 1.44. The smallest absolute Gasteiger partial charge is 0.449 e. The van der Waals surface area contributed by atoms with Gasteiger partial charge in [-0.05, 0) is 82.6 Å². The first-order chi connectivity index (χ1) is 22.8. The second-order valence-electron chi connectivity index (χ2n) is 11.4. The third-order valence-corrected chi connectivity index (χ3v) is 11.0. The summed E-state index contributed by atoms with van der Waals surface area (Å²) in [4.78, 5) is 23.9. The van der Waals surface area contributed by atoms with Crippen LogP contribution >= 0.6 is 11.9 Å². The Morgan fingerprint density at radius 1 is 0.833 bits per heavy atom. The third kappa shape index (κ3) is 6.96. The maximum atomic E-state index is 13.3. The van der Waals surface area contributed by atoms with E-state index < -0.39 is 44.1 Å². The van der Waals surface area contributed by atoms with Gasteiger partial charge in [-0.25, -0.2) is 12.7 Å². The molecule has 6 aromatic rings. The van der Waals surface area contributed by atoms with Gasteiger partial charge >= 0.3 is 6.18 Å². The highest BCUT2D eigenvalue weighted by molar-refractivity contribution is 7.97. The van der Waals surface area contributed by atoms with Gasteiger partial charge in [0.15, 0.2) is 15.6 Å². The van der Waals surface area contributed by atoms with Crippen molar-refractivity contribution in [2.24, 2.45) is 0 Å². The first-order valence-electron chi connectivity index (χ1n) is 14.8. The Morgan fingerprint density at radius 2 is 1.58 bits per heavy atom. The average molecular weight is 692 g/mol. The SMILES string of the molecule is Cc1ccc2ccccc2c1SN(Cc1ccc(-c2cccc(S(=O)(=O)CCc3c(O)c(=O)c3=O)c2)cc1)Cc1ccc(C(F)(F)F)o1. The summed E-state index contributed by atoms with van der Waals surface area (Å²) in [6, 6.07) is 28.0. The molecular formula is C36H28F3NO6S2. The van der Waals surface area contributed by atoms with Gasteiger partial charge in [-0.2, -0.15) is 13.2 Å². The van der Waals surface area contributed by atoms with Gasteiger partial charge in [0.05, 0.1) is 22.8 Å². The van der Waals surface area contributed by atoms with Crippen molar-refractivity contribution in [3.8, 4) is 16.9 Å². The lowest BCUT2D eigenvalue weighted by Crippen LogP contribution is -2.35. The number of fused-ring (bicyclic) bond motifs is 1. The number of aromatic hydroxyl groups is 1. The molecule has 0 atom stereocenters. The summed E-state index contributed by atoms with van der Waals surface area (Å²) in [6.45, 7) is 2.44. The normalized spacial score (nSPS) is 12.4. The van der Waals surface area contributed by atoms with Crippen LogP contribution in [0.3, 0.4) is 0 Å². The van der Waals surface area contributed by atoms with E-state index in [1.165, 1.54) is 30.1 Å². The van der Waals surface area contributed by atoms with Crippen molar-refractivity contribution in [3.63, 3.8) is 0 Å². The number of hydrogen-bond donors (Lipinski definition) is 1. The second kappa shape index (κ2) is 13.1. The molecule has 0 bridgehead atoms. The van der Waals surface area contributed by atoms with E-state index in [0.717, 1.165) is 38.4 Å². The molecule has 12 heteroatoms. The maximum absolute atomic E-state index is 13.3. The largest absolute Gasteiger partial charge is 0.504 e. The number of aryl methyl sites for hydroxylation is 1. The first kappa shape index (κ1) is 33.3. The van der Waals surface area contributed by atoms with Crippen molar-refractivity contribution in [2.45, 2.75) is 42.4 Å². The number of benzene rings is 4. The monoisotopic (exact) mass is 691 g/mol. The molecule has 0 saturated heterocycles. The van der Waals surface area contributed by atoms with Crippen LogP contribution in [-0.4, -0.2) is 23.6 Å². The molecule has 6 rings (SSSR count). The zero-order valence-corrected chi connectivity index (χ0v) is 27.1. The van der Waals surface area contributed by atoms with Crippen molar-refractivity contribution in [1.29, 1.82) is 0 Å².